The fourth-order valence-corrected chi connectivity index (χ4v) is 3.54. The molecular weight excluding hydrogens is 390 g/mol. The van der Waals surface area contributed by atoms with Crippen LogP contribution in [0.1, 0.15) is 12.5 Å². The summed E-state index contributed by atoms with van der Waals surface area (Å²) in [5.41, 5.74) is 6.86. The van der Waals surface area contributed by atoms with Crippen LogP contribution in [0.5, 0.6) is 5.75 Å². The lowest BCUT2D eigenvalue weighted by molar-refractivity contribution is -0.119. The molecule has 0 aromatic heterocycles. The molecule has 0 bridgehead atoms. The van der Waals surface area contributed by atoms with Crippen molar-refractivity contribution in [1.82, 2.24) is 0 Å². The number of hydrogen-bond donors (Lipinski definition) is 3. The predicted molar refractivity (Wildman–Crippen MR) is 109 cm³/mol. The smallest absolute Gasteiger partial charge is 0.262 e. The number of hydrogen-bond acceptors (Lipinski definition) is 5. The lowest BCUT2D eigenvalue weighted by Gasteiger charge is -2.14. The molecule has 1 amide bonds. The molecular formula is C18H24ClN3O4S. The Hall–Kier alpha value is -2.29. The second-order valence-electron chi connectivity index (χ2n) is 5.94. The molecule has 0 aliphatic carbocycles. The number of benzene rings is 2. The minimum Gasteiger partial charge on any atom is -0.497 e. The van der Waals surface area contributed by atoms with Gasteiger partial charge in [-0.05, 0) is 48.9 Å². The van der Waals surface area contributed by atoms with Crippen LogP contribution in [0.2, 0.25) is 0 Å². The van der Waals surface area contributed by atoms with Crippen molar-refractivity contribution < 1.29 is 17.9 Å². The topological polar surface area (TPSA) is 111 Å². The van der Waals surface area contributed by atoms with Gasteiger partial charge < -0.3 is 15.8 Å². The first-order valence-electron chi connectivity index (χ1n) is 8.05. The fourth-order valence-electron chi connectivity index (χ4n) is 2.21. The predicted octanol–water partition coefficient (Wildman–Crippen LogP) is 2.76. The second kappa shape index (κ2) is 9.59. The van der Waals surface area contributed by atoms with Gasteiger partial charge in [-0.15, -0.1) is 12.4 Å². The minimum atomic E-state index is -3.81. The van der Waals surface area contributed by atoms with Gasteiger partial charge in [0.25, 0.3) is 10.0 Å². The van der Waals surface area contributed by atoms with Crippen LogP contribution < -0.4 is 20.5 Å². The molecule has 0 aliphatic rings. The van der Waals surface area contributed by atoms with Crippen molar-refractivity contribution in [2.45, 2.75) is 18.7 Å². The van der Waals surface area contributed by atoms with E-state index < -0.39 is 10.0 Å². The van der Waals surface area contributed by atoms with Crippen molar-refractivity contribution >= 4 is 39.7 Å². The Bertz CT molecular complexity index is 886. The van der Waals surface area contributed by atoms with E-state index in [0.29, 0.717) is 22.7 Å². The highest BCUT2D eigenvalue weighted by molar-refractivity contribution is 7.92. The summed E-state index contributed by atoms with van der Waals surface area (Å²) in [6.45, 7) is 3.60. The van der Waals surface area contributed by atoms with Gasteiger partial charge in [-0.25, -0.2) is 8.42 Å². The molecule has 4 N–H and O–H groups in total. The maximum Gasteiger partial charge on any atom is 0.262 e. The highest BCUT2D eigenvalue weighted by Crippen LogP contribution is 2.24. The number of sulfonamides is 1. The van der Waals surface area contributed by atoms with Crippen molar-refractivity contribution in [1.29, 1.82) is 0 Å². The third kappa shape index (κ3) is 5.85. The Morgan fingerprint density at radius 1 is 1.15 bits per heavy atom. The van der Waals surface area contributed by atoms with Crippen molar-refractivity contribution in [2.24, 2.45) is 11.7 Å². The van der Waals surface area contributed by atoms with Crippen LogP contribution in [-0.4, -0.2) is 28.0 Å². The minimum absolute atomic E-state index is 0. The molecule has 7 nitrogen and oxygen atoms in total. The summed E-state index contributed by atoms with van der Waals surface area (Å²) in [4.78, 5) is 12.1. The Labute approximate surface area is 165 Å². The van der Waals surface area contributed by atoms with Gasteiger partial charge in [0.05, 0.1) is 12.0 Å². The van der Waals surface area contributed by atoms with Crippen LogP contribution in [0.4, 0.5) is 11.4 Å². The SMILES string of the molecule is COc1ccc(NS(=O)(=O)c2cc(NC(=O)C(C)CN)ccc2C)cc1.Cl. The molecule has 2 rings (SSSR count). The number of nitrogens with two attached hydrogens (primary N) is 1. The third-order valence-electron chi connectivity index (χ3n) is 3.89. The molecule has 0 spiro atoms. The maximum absolute atomic E-state index is 12.7. The molecule has 0 heterocycles. The zero-order valence-corrected chi connectivity index (χ0v) is 17.0. The number of amides is 1. The molecule has 0 saturated carbocycles. The molecule has 0 radical (unpaired) electrons. The average Bonchev–Trinajstić information content (AvgIpc) is 2.62. The van der Waals surface area contributed by atoms with Crippen molar-refractivity contribution in [3.8, 4) is 5.75 Å². The number of carbonyl (C=O) groups excluding carboxylic acids is 1. The molecule has 1 atom stereocenters. The van der Waals surface area contributed by atoms with Crippen LogP contribution >= 0.6 is 12.4 Å². The zero-order chi connectivity index (χ0) is 19.3. The average molecular weight is 414 g/mol. The first-order chi connectivity index (χ1) is 12.3. The first kappa shape index (κ1) is 22.8. The van der Waals surface area contributed by atoms with Gasteiger partial charge in [-0.1, -0.05) is 13.0 Å². The highest BCUT2D eigenvalue weighted by Gasteiger charge is 2.19. The second-order valence-corrected chi connectivity index (χ2v) is 7.59. The number of rotatable bonds is 7. The Balaban J connectivity index is 0.00000364. The summed E-state index contributed by atoms with van der Waals surface area (Å²) < 4.78 is 33.0. The summed E-state index contributed by atoms with van der Waals surface area (Å²) in [7, 11) is -2.28. The summed E-state index contributed by atoms with van der Waals surface area (Å²) in [5, 5.41) is 2.68. The van der Waals surface area contributed by atoms with Gasteiger partial charge in [0.1, 0.15) is 5.75 Å². The molecule has 9 heteroatoms. The van der Waals surface area contributed by atoms with E-state index in [1.165, 1.54) is 13.2 Å². The van der Waals surface area contributed by atoms with Crippen LogP contribution in [0.3, 0.4) is 0 Å². The molecule has 0 fully saturated rings. The largest absolute Gasteiger partial charge is 0.497 e. The summed E-state index contributed by atoms with van der Waals surface area (Å²) in [5.74, 6) is -0.000499. The van der Waals surface area contributed by atoms with E-state index >= 15 is 0 Å². The van der Waals surface area contributed by atoms with Crippen LogP contribution in [-0.2, 0) is 14.8 Å². The number of ether oxygens (including phenoxy) is 1. The van der Waals surface area contributed by atoms with E-state index in [4.69, 9.17) is 10.5 Å². The molecule has 148 valence electrons. The van der Waals surface area contributed by atoms with E-state index in [1.807, 2.05) is 0 Å². The van der Waals surface area contributed by atoms with E-state index in [-0.39, 0.29) is 35.7 Å². The number of nitrogens with one attached hydrogen (secondary N) is 2. The normalized spacial score (nSPS) is 11.9. The Kier molecular flexibility index (Phi) is 8.08. The maximum atomic E-state index is 12.7. The number of anilines is 2. The van der Waals surface area contributed by atoms with Gasteiger partial charge >= 0.3 is 0 Å². The van der Waals surface area contributed by atoms with Gasteiger partial charge in [-0.2, -0.15) is 0 Å². The number of aryl methyl sites for hydroxylation is 1. The van der Waals surface area contributed by atoms with Gasteiger partial charge in [0, 0.05) is 23.8 Å². The summed E-state index contributed by atoms with van der Waals surface area (Å²) in [6.07, 6.45) is 0. The zero-order valence-electron chi connectivity index (χ0n) is 15.4. The summed E-state index contributed by atoms with van der Waals surface area (Å²) in [6, 6.07) is 11.3. The highest BCUT2D eigenvalue weighted by atomic mass is 35.5. The summed E-state index contributed by atoms with van der Waals surface area (Å²) >= 11 is 0. The molecule has 2 aromatic rings. The monoisotopic (exact) mass is 413 g/mol. The van der Waals surface area contributed by atoms with Crippen molar-refractivity contribution in [3.63, 3.8) is 0 Å². The van der Waals surface area contributed by atoms with E-state index in [0.717, 1.165) is 0 Å². The van der Waals surface area contributed by atoms with Gasteiger partial charge in [0.2, 0.25) is 5.91 Å². The lowest BCUT2D eigenvalue weighted by Crippen LogP contribution is -2.26. The molecule has 27 heavy (non-hydrogen) atoms. The fraction of sp³-hybridized carbons (Fsp3) is 0.278. The number of halogens is 1. The Morgan fingerprint density at radius 3 is 2.30 bits per heavy atom. The van der Waals surface area contributed by atoms with Gasteiger partial charge in [-0.3, -0.25) is 9.52 Å². The van der Waals surface area contributed by atoms with Gasteiger partial charge in [0.15, 0.2) is 0 Å². The van der Waals surface area contributed by atoms with Crippen molar-refractivity contribution in [3.05, 3.63) is 48.0 Å². The Morgan fingerprint density at radius 2 is 1.74 bits per heavy atom. The van der Waals surface area contributed by atoms with Crippen LogP contribution in [0.15, 0.2) is 47.4 Å². The first-order valence-corrected chi connectivity index (χ1v) is 9.53. The molecule has 0 saturated heterocycles. The van der Waals surface area contributed by atoms with E-state index in [2.05, 4.69) is 10.0 Å². The third-order valence-corrected chi connectivity index (χ3v) is 5.41. The quantitative estimate of drug-likeness (QED) is 0.646. The van der Waals surface area contributed by atoms with Crippen LogP contribution in [0.25, 0.3) is 0 Å². The molecule has 1 unspecified atom stereocenters. The van der Waals surface area contributed by atoms with E-state index in [1.54, 1.807) is 50.2 Å². The standard InChI is InChI=1S/C18H23N3O4S.ClH/c1-12-4-5-15(20-18(22)13(2)11-19)10-17(12)26(23,24)21-14-6-8-16(25-3)9-7-14;/h4-10,13,21H,11,19H2,1-3H3,(H,20,22);1H. The molecule has 0 aliphatic heterocycles. The molecule has 2 aromatic carbocycles. The number of methoxy groups -OCH3 is 1. The van der Waals surface area contributed by atoms with Crippen LogP contribution in [0, 0.1) is 12.8 Å². The van der Waals surface area contributed by atoms with Crippen molar-refractivity contribution in [2.75, 3.05) is 23.7 Å². The van der Waals surface area contributed by atoms with E-state index in [9.17, 15) is 13.2 Å². The lowest BCUT2D eigenvalue weighted by atomic mass is 10.1. The number of carbonyl (C=O) groups is 1.